The summed E-state index contributed by atoms with van der Waals surface area (Å²) in [7, 11) is 12.2. The Hall–Kier alpha value is -1.02. The van der Waals surface area contributed by atoms with Crippen LogP contribution in [0.25, 0.3) is 0 Å². The number of hydrogen-bond acceptors (Lipinski definition) is 2. The Morgan fingerprint density at radius 3 is 1.38 bits per heavy atom. The van der Waals surface area contributed by atoms with Crippen LogP contribution in [-0.2, 0) is 12.6 Å². The Kier molecular flexibility index (Phi) is 8.50. The molecule has 0 atom stereocenters. The summed E-state index contributed by atoms with van der Waals surface area (Å²) in [5.74, 6) is 1.19. The third-order valence-electron chi connectivity index (χ3n) is 1.20. The number of guanidine groups is 1. The summed E-state index contributed by atoms with van der Waals surface area (Å²) in [6.07, 6.45) is 0. The number of nitrogens with zero attached hydrogens (tertiary/aromatic N) is 4. The van der Waals surface area contributed by atoms with Gasteiger partial charge in [0.1, 0.15) is 0 Å². The first-order valence-electron chi connectivity index (χ1n) is 3.78. The van der Waals surface area contributed by atoms with Crippen LogP contribution in [0.1, 0.15) is 0 Å². The van der Waals surface area contributed by atoms with Crippen molar-refractivity contribution in [2.75, 3.05) is 42.3 Å². The zero-order valence-electron chi connectivity index (χ0n) is 9.20. The lowest BCUT2D eigenvalue weighted by Gasteiger charge is -2.16. The van der Waals surface area contributed by atoms with Crippen LogP contribution in [-0.4, -0.2) is 62.6 Å². The van der Waals surface area contributed by atoms with Gasteiger partial charge in [0, 0.05) is 0 Å². The van der Waals surface area contributed by atoms with E-state index in [9.17, 15) is 0 Å². The van der Waals surface area contributed by atoms with Crippen molar-refractivity contribution in [1.82, 2.24) is 9.80 Å². The van der Waals surface area contributed by atoms with Gasteiger partial charge in [-0.1, -0.05) is 5.40 Å². The van der Waals surface area contributed by atoms with Crippen LogP contribution < -0.4 is 0 Å². The molecule has 0 bridgehead atoms. The Labute approximate surface area is 86.5 Å². The van der Waals surface area contributed by atoms with E-state index in [-0.39, 0.29) is 0 Å². The molecule has 0 unspecified atom stereocenters. The molecule has 0 aromatic heterocycles. The van der Waals surface area contributed by atoms with Gasteiger partial charge in [-0.25, -0.2) is 5.26 Å². The highest BCUT2D eigenvalue weighted by atomic mass is 32.1. The second-order valence-electron chi connectivity index (χ2n) is 3.07. The summed E-state index contributed by atoms with van der Waals surface area (Å²) in [4.78, 5) is 4.17. The molecule has 0 heterocycles. The molecule has 0 aromatic carbocycles. The SMILES string of the molecule is CN(C)C(N(C)C)=[N+](C)C.N#C[S-]. The van der Waals surface area contributed by atoms with Crippen molar-refractivity contribution in [2.24, 2.45) is 0 Å². The fraction of sp³-hybridized carbons (Fsp3) is 0.750. The first-order chi connectivity index (χ1) is 5.88. The minimum absolute atomic E-state index is 1.19. The van der Waals surface area contributed by atoms with Gasteiger partial charge < -0.3 is 12.6 Å². The van der Waals surface area contributed by atoms with Crippen molar-refractivity contribution in [3.05, 3.63) is 0 Å². The topological polar surface area (TPSA) is 33.3 Å². The third-order valence-corrected chi connectivity index (χ3v) is 1.20. The van der Waals surface area contributed by atoms with Gasteiger partial charge in [-0.05, 0) is 0 Å². The average Bonchev–Trinajstić information content (AvgIpc) is 1.84. The van der Waals surface area contributed by atoms with Gasteiger partial charge in [0.15, 0.2) is 0 Å². The van der Waals surface area contributed by atoms with E-state index in [0.29, 0.717) is 0 Å². The molecule has 0 aliphatic rings. The fourth-order valence-corrected chi connectivity index (χ4v) is 1.20. The summed E-state index contributed by atoms with van der Waals surface area (Å²) in [6, 6.07) is 0. The largest absolute Gasteiger partial charge is 0.696 e. The predicted molar refractivity (Wildman–Crippen MR) is 57.5 cm³/mol. The average molecular weight is 202 g/mol. The van der Waals surface area contributed by atoms with Gasteiger partial charge in [-0.15, -0.1) is 0 Å². The second-order valence-corrected chi connectivity index (χ2v) is 3.26. The van der Waals surface area contributed by atoms with Gasteiger partial charge in [-0.2, -0.15) is 0 Å². The predicted octanol–water partition coefficient (Wildman–Crippen LogP) is -0.248. The van der Waals surface area contributed by atoms with Crippen LogP contribution in [0.15, 0.2) is 0 Å². The van der Waals surface area contributed by atoms with E-state index >= 15 is 0 Å². The molecule has 0 saturated carbocycles. The Balaban J connectivity index is 0. The van der Waals surface area contributed by atoms with Crippen LogP contribution >= 0.6 is 0 Å². The van der Waals surface area contributed by atoms with E-state index in [1.165, 1.54) is 11.4 Å². The van der Waals surface area contributed by atoms with Gasteiger partial charge in [0.25, 0.3) is 0 Å². The van der Waals surface area contributed by atoms with Crippen molar-refractivity contribution in [3.8, 4) is 5.40 Å². The Morgan fingerprint density at radius 2 is 1.38 bits per heavy atom. The monoisotopic (exact) mass is 202 g/mol. The zero-order valence-corrected chi connectivity index (χ0v) is 10.0. The minimum atomic E-state index is 1.19. The van der Waals surface area contributed by atoms with Crippen LogP contribution in [0.4, 0.5) is 0 Å². The summed E-state index contributed by atoms with van der Waals surface area (Å²) in [5.41, 5.74) is 0. The summed E-state index contributed by atoms with van der Waals surface area (Å²) in [5, 5.41) is 8.47. The lowest BCUT2D eigenvalue weighted by atomic mass is 10.7. The molecule has 0 rings (SSSR count). The molecule has 76 valence electrons. The van der Waals surface area contributed by atoms with E-state index in [1.54, 1.807) is 0 Å². The Bertz CT molecular complexity index is 189. The van der Waals surface area contributed by atoms with E-state index in [4.69, 9.17) is 5.26 Å². The smallest absolute Gasteiger partial charge is 0.349 e. The summed E-state index contributed by atoms with van der Waals surface area (Å²) in [6.45, 7) is 0. The maximum absolute atomic E-state index is 7.13. The molecule has 5 heteroatoms. The molecule has 0 amide bonds. The van der Waals surface area contributed by atoms with Crippen molar-refractivity contribution in [1.29, 1.82) is 5.26 Å². The molecule has 0 saturated heterocycles. The molecule has 0 aromatic rings. The molecule has 0 spiro atoms. The van der Waals surface area contributed by atoms with E-state index in [2.05, 4.69) is 27.0 Å². The highest BCUT2D eigenvalue weighted by Gasteiger charge is 2.12. The molecule has 13 heavy (non-hydrogen) atoms. The highest BCUT2D eigenvalue weighted by Crippen LogP contribution is 1.84. The molecule has 4 nitrogen and oxygen atoms in total. The molecule has 0 radical (unpaired) electrons. The van der Waals surface area contributed by atoms with E-state index in [1.807, 2.05) is 42.3 Å². The zero-order chi connectivity index (χ0) is 11.0. The Morgan fingerprint density at radius 1 is 1.15 bits per heavy atom. The first kappa shape index (κ1) is 14.5. The maximum atomic E-state index is 7.13. The van der Waals surface area contributed by atoms with Crippen molar-refractivity contribution >= 4 is 18.6 Å². The van der Waals surface area contributed by atoms with Crippen LogP contribution in [0.3, 0.4) is 0 Å². The number of hydrogen-bond donors (Lipinski definition) is 0. The number of thiocyanates is 1. The minimum Gasteiger partial charge on any atom is -0.696 e. The lowest BCUT2D eigenvalue weighted by molar-refractivity contribution is -0.475. The third kappa shape index (κ3) is 7.34. The van der Waals surface area contributed by atoms with Gasteiger partial charge in [0.05, 0.1) is 42.3 Å². The molecular weight excluding hydrogens is 184 g/mol. The standard InChI is InChI=1S/C7H18N3.CHNS/c1-8(2)7(9(3)4)10(5)6;2-1-3/h1-6H3;3H/q+1;/p-1. The lowest BCUT2D eigenvalue weighted by Crippen LogP contribution is -2.40. The quantitative estimate of drug-likeness (QED) is 0.178. The van der Waals surface area contributed by atoms with Crippen LogP contribution in [0.2, 0.25) is 0 Å². The maximum Gasteiger partial charge on any atom is 0.349 e. The normalized spacial score (nSPS) is 7.46. The molecule has 0 N–H and O–H groups in total. The van der Waals surface area contributed by atoms with Crippen molar-refractivity contribution in [3.63, 3.8) is 0 Å². The molecular formula is C8H18N4S. The molecule has 0 fully saturated rings. The van der Waals surface area contributed by atoms with E-state index in [0.717, 1.165) is 0 Å². The second kappa shape index (κ2) is 7.62. The summed E-state index contributed by atoms with van der Waals surface area (Å²) >= 11 is 3.70. The van der Waals surface area contributed by atoms with Gasteiger partial charge in [-0.3, -0.25) is 14.4 Å². The number of rotatable bonds is 0. The van der Waals surface area contributed by atoms with Gasteiger partial charge >= 0.3 is 5.96 Å². The fourth-order valence-electron chi connectivity index (χ4n) is 1.20. The highest BCUT2D eigenvalue weighted by molar-refractivity contribution is 7.64. The number of nitriles is 1. The van der Waals surface area contributed by atoms with Gasteiger partial charge in [0.2, 0.25) is 0 Å². The molecule has 0 aliphatic heterocycles. The first-order valence-corrected chi connectivity index (χ1v) is 4.19. The summed E-state index contributed by atoms with van der Waals surface area (Å²) < 4.78 is 2.08. The van der Waals surface area contributed by atoms with Crippen LogP contribution in [0.5, 0.6) is 0 Å². The van der Waals surface area contributed by atoms with Crippen molar-refractivity contribution in [2.45, 2.75) is 0 Å². The van der Waals surface area contributed by atoms with Crippen LogP contribution in [0, 0.1) is 10.7 Å². The van der Waals surface area contributed by atoms with E-state index < -0.39 is 0 Å². The van der Waals surface area contributed by atoms with Crippen molar-refractivity contribution < 1.29 is 4.58 Å². The molecule has 0 aliphatic carbocycles.